The Morgan fingerprint density at radius 1 is 1.13 bits per heavy atom. The van der Waals surface area contributed by atoms with Crippen molar-refractivity contribution in [1.29, 1.82) is 0 Å². The van der Waals surface area contributed by atoms with Gasteiger partial charge in [0.25, 0.3) is 0 Å². The maximum Gasteiger partial charge on any atom is 0.328 e. The van der Waals surface area contributed by atoms with Crippen LogP contribution in [0, 0.1) is 5.92 Å². The molecule has 1 saturated heterocycles. The second kappa shape index (κ2) is 9.73. The van der Waals surface area contributed by atoms with Crippen LogP contribution in [0.5, 0.6) is 0 Å². The minimum absolute atomic E-state index is 0.244. The number of carbonyl (C=O) groups is 2. The third-order valence-corrected chi connectivity index (χ3v) is 3.40. The molecule has 1 aliphatic rings. The van der Waals surface area contributed by atoms with E-state index in [4.69, 9.17) is 15.9 Å². The number of nitrogens with two attached hydrogens (primary N) is 1. The molecule has 2 atom stereocenters. The van der Waals surface area contributed by atoms with Crippen molar-refractivity contribution < 1.29 is 24.9 Å². The summed E-state index contributed by atoms with van der Waals surface area (Å²) in [5.41, 5.74) is 6.89. The first kappa shape index (κ1) is 18.8. The standard InChI is InChI=1S/C12H18N2O.C4H4O4/c13-6-11-8-14(9-12(11)15)7-10-4-2-1-3-5-10;5-3(6)1-2-4(7)8/h1-5,11-12,15H,6-9,13H2;1-2H,(H,5,6)(H,7,8)/b;2-1-/t11-,12-;/m1./s1. The number of benzene rings is 1. The normalized spacial score (nSPS) is 21.0. The molecular formula is C16H22N2O5. The lowest BCUT2D eigenvalue weighted by molar-refractivity contribution is -0.134. The molecule has 1 heterocycles. The van der Waals surface area contributed by atoms with Gasteiger partial charge in [-0.15, -0.1) is 0 Å². The van der Waals surface area contributed by atoms with Crippen LogP contribution in [0.1, 0.15) is 5.56 Å². The zero-order valence-electron chi connectivity index (χ0n) is 12.7. The first-order valence-corrected chi connectivity index (χ1v) is 7.20. The van der Waals surface area contributed by atoms with E-state index in [9.17, 15) is 14.7 Å². The Morgan fingerprint density at radius 3 is 2.13 bits per heavy atom. The van der Waals surface area contributed by atoms with Crippen molar-refractivity contribution in [3.05, 3.63) is 48.0 Å². The zero-order valence-corrected chi connectivity index (χ0v) is 12.7. The van der Waals surface area contributed by atoms with Crippen LogP contribution in [0.3, 0.4) is 0 Å². The maximum atomic E-state index is 9.72. The van der Waals surface area contributed by atoms with E-state index < -0.39 is 11.9 Å². The van der Waals surface area contributed by atoms with Crippen LogP contribution in [0.15, 0.2) is 42.5 Å². The molecule has 1 aliphatic heterocycles. The summed E-state index contributed by atoms with van der Waals surface area (Å²) in [7, 11) is 0. The summed E-state index contributed by atoms with van der Waals surface area (Å²) < 4.78 is 0. The molecule has 1 aromatic carbocycles. The van der Waals surface area contributed by atoms with E-state index in [-0.39, 0.29) is 12.0 Å². The van der Waals surface area contributed by atoms with Gasteiger partial charge >= 0.3 is 11.9 Å². The van der Waals surface area contributed by atoms with Crippen molar-refractivity contribution >= 4 is 11.9 Å². The Labute approximate surface area is 134 Å². The second-order valence-corrected chi connectivity index (χ2v) is 5.25. The van der Waals surface area contributed by atoms with Gasteiger partial charge in [-0.3, -0.25) is 4.90 Å². The molecule has 1 fully saturated rings. The molecule has 23 heavy (non-hydrogen) atoms. The first-order valence-electron chi connectivity index (χ1n) is 7.20. The zero-order chi connectivity index (χ0) is 17.2. The van der Waals surface area contributed by atoms with Crippen LogP contribution in [-0.4, -0.2) is 57.9 Å². The predicted octanol–water partition coefficient (Wildman–Crippen LogP) is 0.150. The van der Waals surface area contributed by atoms with Crippen molar-refractivity contribution in [2.45, 2.75) is 12.6 Å². The molecule has 0 spiro atoms. The summed E-state index contributed by atoms with van der Waals surface area (Å²) in [6.45, 7) is 3.14. The average molecular weight is 322 g/mol. The number of hydrogen-bond acceptors (Lipinski definition) is 5. The molecule has 0 bridgehead atoms. The third-order valence-electron chi connectivity index (χ3n) is 3.40. The molecule has 7 heteroatoms. The molecule has 5 N–H and O–H groups in total. The lowest BCUT2D eigenvalue weighted by Crippen LogP contribution is -2.25. The number of aliphatic hydroxyl groups is 1. The van der Waals surface area contributed by atoms with Gasteiger partial charge in [0.1, 0.15) is 0 Å². The van der Waals surface area contributed by atoms with E-state index in [1.54, 1.807) is 0 Å². The molecule has 0 aliphatic carbocycles. The number of β-amino-alcohol motifs (C(OH)–C–C–N with tert-alkyl or cyclic N) is 1. The second-order valence-electron chi connectivity index (χ2n) is 5.25. The number of aliphatic carboxylic acids is 2. The van der Waals surface area contributed by atoms with Gasteiger partial charge in [0.15, 0.2) is 0 Å². The fourth-order valence-electron chi connectivity index (χ4n) is 2.29. The van der Waals surface area contributed by atoms with Crippen LogP contribution in [-0.2, 0) is 16.1 Å². The molecule has 0 amide bonds. The highest BCUT2D eigenvalue weighted by Gasteiger charge is 2.29. The van der Waals surface area contributed by atoms with Gasteiger partial charge in [0, 0.05) is 37.7 Å². The Kier molecular flexibility index (Phi) is 7.96. The molecule has 126 valence electrons. The van der Waals surface area contributed by atoms with Crippen LogP contribution in [0.25, 0.3) is 0 Å². The van der Waals surface area contributed by atoms with Gasteiger partial charge < -0.3 is 21.1 Å². The summed E-state index contributed by atoms with van der Waals surface area (Å²) in [6, 6.07) is 10.3. The molecule has 0 saturated carbocycles. The van der Waals surface area contributed by atoms with Gasteiger partial charge in [-0.05, 0) is 12.1 Å². The van der Waals surface area contributed by atoms with Crippen molar-refractivity contribution in [1.82, 2.24) is 4.90 Å². The van der Waals surface area contributed by atoms with E-state index in [1.807, 2.05) is 18.2 Å². The van der Waals surface area contributed by atoms with Crippen LogP contribution >= 0.6 is 0 Å². The number of carboxylic acid groups (broad SMARTS) is 2. The molecule has 0 unspecified atom stereocenters. The number of carboxylic acids is 2. The Morgan fingerprint density at radius 2 is 1.70 bits per heavy atom. The summed E-state index contributed by atoms with van der Waals surface area (Å²) in [5, 5.41) is 25.3. The first-order chi connectivity index (χ1) is 10.9. The van der Waals surface area contributed by atoms with Crippen molar-refractivity contribution in [2.24, 2.45) is 11.7 Å². The van der Waals surface area contributed by atoms with E-state index in [0.717, 1.165) is 19.6 Å². The molecular weight excluding hydrogens is 300 g/mol. The van der Waals surface area contributed by atoms with Gasteiger partial charge in [-0.2, -0.15) is 0 Å². The van der Waals surface area contributed by atoms with Gasteiger partial charge in [-0.1, -0.05) is 30.3 Å². The Bertz CT molecular complexity index is 517. The molecule has 0 radical (unpaired) electrons. The SMILES string of the molecule is NC[C@@H]1CN(Cc2ccccc2)C[C@H]1O.O=C(O)/C=C\C(=O)O. The number of aliphatic hydroxyl groups excluding tert-OH is 1. The van der Waals surface area contributed by atoms with Crippen molar-refractivity contribution in [3.8, 4) is 0 Å². The fraction of sp³-hybridized carbons (Fsp3) is 0.375. The minimum Gasteiger partial charge on any atom is -0.478 e. The minimum atomic E-state index is -1.26. The van der Waals surface area contributed by atoms with Crippen molar-refractivity contribution in [3.63, 3.8) is 0 Å². The number of hydrogen-bond donors (Lipinski definition) is 4. The average Bonchev–Trinajstić information content (AvgIpc) is 2.86. The largest absolute Gasteiger partial charge is 0.478 e. The highest BCUT2D eigenvalue weighted by Crippen LogP contribution is 2.18. The van der Waals surface area contributed by atoms with Crippen LogP contribution in [0.2, 0.25) is 0 Å². The quantitative estimate of drug-likeness (QED) is 0.569. The summed E-state index contributed by atoms with van der Waals surface area (Å²) in [6.07, 6.45) is 0.865. The summed E-state index contributed by atoms with van der Waals surface area (Å²) in [4.78, 5) is 21.4. The predicted molar refractivity (Wildman–Crippen MR) is 84.7 cm³/mol. The van der Waals surface area contributed by atoms with Crippen LogP contribution < -0.4 is 5.73 Å². The van der Waals surface area contributed by atoms with Crippen molar-refractivity contribution in [2.75, 3.05) is 19.6 Å². The van der Waals surface area contributed by atoms with Gasteiger partial charge in [-0.25, -0.2) is 9.59 Å². The summed E-state index contributed by atoms with van der Waals surface area (Å²) in [5.74, 6) is -2.27. The smallest absolute Gasteiger partial charge is 0.328 e. The molecule has 7 nitrogen and oxygen atoms in total. The third kappa shape index (κ3) is 7.55. The summed E-state index contributed by atoms with van der Waals surface area (Å²) >= 11 is 0. The molecule has 2 rings (SSSR count). The lowest BCUT2D eigenvalue weighted by atomic mass is 10.1. The van der Waals surface area contributed by atoms with E-state index in [0.29, 0.717) is 18.7 Å². The van der Waals surface area contributed by atoms with Crippen LogP contribution in [0.4, 0.5) is 0 Å². The van der Waals surface area contributed by atoms with E-state index in [1.165, 1.54) is 5.56 Å². The van der Waals surface area contributed by atoms with Gasteiger partial charge in [0.2, 0.25) is 0 Å². The Balaban J connectivity index is 0.000000284. The lowest BCUT2D eigenvalue weighted by Gasteiger charge is -2.14. The fourth-order valence-corrected chi connectivity index (χ4v) is 2.29. The molecule has 1 aromatic rings. The topological polar surface area (TPSA) is 124 Å². The Hall–Kier alpha value is -2.22. The molecule has 0 aromatic heterocycles. The number of nitrogens with zero attached hydrogens (tertiary/aromatic N) is 1. The van der Waals surface area contributed by atoms with Gasteiger partial charge in [0.05, 0.1) is 6.10 Å². The number of rotatable bonds is 5. The highest BCUT2D eigenvalue weighted by atomic mass is 16.4. The number of likely N-dealkylation sites (tertiary alicyclic amines) is 1. The monoisotopic (exact) mass is 322 g/mol. The highest BCUT2D eigenvalue weighted by molar-refractivity contribution is 5.89. The van der Waals surface area contributed by atoms with E-state index >= 15 is 0 Å². The van der Waals surface area contributed by atoms with E-state index in [2.05, 4.69) is 17.0 Å². The maximum absolute atomic E-state index is 9.72.